The van der Waals surface area contributed by atoms with Gasteiger partial charge in [0.25, 0.3) is 0 Å². The highest BCUT2D eigenvalue weighted by molar-refractivity contribution is 6.07. The van der Waals surface area contributed by atoms with E-state index in [1.165, 1.54) is 0 Å². The maximum absolute atomic E-state index is 13.0. The van der Waals surface area contributed by atoms with E-state index in [1.54, 1.807) is 47.9 Å². The Kier molecular flexibility index (Phi) is 8.01. The number of urea groups is 1. The average molecular weight is 453 g/mol. The van der Waals surface area contributed by atoms with E-state index < -0.39 is 6.09 Å². The number of aryl methyl sites for hydroxylation is 1. The molecular weight excluding hydrogens is 424 g/mol. The van der Waals surface area contributed by atoms with Gasteiger partial charge in [0.15, 0.2) is 0 Å². The van der Waals surface area contributed by atoms with Gasteiger partial charge in [-0.3, -0.25) is 25.3 Å². The molecular formula is C24H28N4O5. The molecule has 0 unspecified atom stereocenters. The summed E-state index contributed by atoms with van der Waals surface area (Å²) in [5.41, 5.74) is 3.01. The van der Waals surface area contributed by atoms with Gasteiger partial charge in [0.05, 0.1) is 13.2 Å². The lowest BCUT2D eigenvalue weighted by Crippen LogP contribution is -2.32. The number of rotatable bonds is 8. The number of hydrogen-bond donors (Lipinski definition) is 2. The van der Waals surface area contributed by atoms with Crippen molar-refractivity contribution in [1.29, 1.82) is 5.41 Å². The summed E-state index contributed by atoms with van der Waals surface area (Å²) in [6.45, 7) is 5.15. The molecule has 0 spiro atoms. The number of carbonyl (C=O) groups excluding carboxylic acids is 3. The zero-order valence-electron chi connectivity index (χ0n) is 18.8. The fourth-order valence-corrected chi connectivity index (χ4v) is 3.49. The predicted molar refractivity (Wildman–Crippen MR) is 125 cm³/mol. The molecule has 0 aromatic heterocycles. The van der Waals surface area contributed by atoms with Crippen molar-refractivity contribution in [3.05, 3.63) is 59.7 Å². The van der Waals surface area contributed by atoms with Gasteiger partial charge in [-0.1, -0.05) is 12.1 Å². The molecule has 174 valence electrons. The first kappa shape index (κ1) is 23.8. The molecule has 2 aromatic rings. The van der Waals surface area contributed by atoms with Gasteiger partial charge in [0.2, 0.25) is 0 Å². The lowest BCUT2D eigenvalue weighted by molar-refractivity contribution is -0.143. The number of nitrogens with zero attached hydrogens (tertiary/aromatic N) is 2. The maximum atomic E-state index is 13.0. The molecule has 0 atom stereocenters. The highest BCUT2D eigenvalue weighted by atomic mass is 16.5. The fourth-order valence-electron chi connectivity index (χ4n) is 3.49. The second-order valence-corrected chi connectivity index (χ2v) is 7.32. The summed E-state index contributed by atoms with van der Waals surface area (Å²) in [7, 11) is 0. The molecule has 9 nitrogen and oxygen atoms in total. The Balaban J connectivity index is 1.60. The van der Waals surface area contributed by atoms with Crippen molar-refractivity contribution in [2.75, 3.05) is 36.1 Å². The number of ether oxygens (including phenoxy) is 2. The van der Waals surface area contributed by atoms with Crippen LogP contribution in [-0.4, -0.2) is 50.2 Å². The minimum absolute atomic E-state index is 0.0718. The third kappa shape index (κ3) is 6.09. The van der Waals surface area contributed by atoms with Gasteiger partial charge < -0.3 is 9.47 Å². The standard InChI is InChI=1S/C24H28N4O5/c1-3-32-21(29)14-7-17-5-10-19(11-6-17)27-15-16-28(24(27)31)20-12-8-18(9-13-20)22(25)26-23(30)33-4-2/h5-6,8-13H,3-4,7,14-16H2,1-2H3,(H2,25,26,30). The van der Waals surface area contributed by atoms with Gasteiger partial charge in [-0.25, -0.2) is 9.59 Å². The largest absolute Gasteiger partial charge is 0.466 e. The first-order valence-electron chi connectivity index (χ1n) is 10.9. The van der Waals surface area contributed by atoms with Crippen LogP contribution < -0.4 is 15.1 Å². The number of nitrogens with one attached hydrogen (secondary N) is 2. The molecule has 1 heterocycles. The second-order valence-electron chi connectivity index (χ2n) is 7.32. The number of amides is 3. The summed E-state index contributed by atoms with van der Waals surface area (Å²) < 4.78 is 9.73. The summed E-state index contributed by atoms with van der Waals surface area (Å²) in [5.74, 6) is -0.290. The molecule has 2 aromatic carbocycles. The third-order valence-electron chi connectivity index (χ3n) is 5.15. The van der Waals surface area contributed by atoms with Crippen LogP contribution in [-0.2, 0) is 20.7 Å². The summed E-state index contributed by atoms with van der Waals surface area (Å²) in [4.78, 5) is 39.4. The second kappa shape index (κ2) is 11.1. The Morgan fingerprint density at radius 3 is 2.00 bits per heavy atom. The SMILES string of the molecule is CCOC(=O)CCc1ccc(N2CCN(c3ccc(C(=N)NC(=O)OCC)cc3)C2=O)cc1. The highest BCUT2D eigenvalue weighted by Crippen LogP contribution is 2.26. The summed E-state index contributed by atoms with van der Waals surface area (Å²) in [5, 5.41) is 10.3. The summed E-state index contributed by atoms with van der Waals surface area (Å²) in [6.07, 6.45) is 0.238. The van der Waals surface area contributed by atoms with Crippen molar-refractivity contribution in [2.45, 2.75) is 26.7 Å². The van der Waals surface area contributed by atoms with Crippen LogP contribution in [0.3, 0.4) is 0 Å². The lowest BCUT2D eigenvalue weighted by atomic mass is 10.1. The minimum atomic E-state index is -0.677. The normalized spacial score (nSPS) is 13.1. The van der Waals surface area contributed by atoms with E-state index in [4.69, 9.17) is 14.9 Å². The van der Waals surface area contributed by atoms with Crippen LogP contribution in [0.2, 0.25) is 0 Å². The first-order valence-corrected chi connectivity index (χ1v) is 10.9. The van der Waals surface area contributed by atoms with Gasteiger partial charge >= 0.3 is 18.1 Å². The number of amidine groups is 1. The van der Waals surface area contributed by atoms with Crippen molar-refractivity contribution < 1.29 is 23.9 Å². The van der Waals surface area contributed by atoms with Crippen LogP contribution in [0.15, 0.2) is 48.5 Å². The maximum Gasteiger partial charge on any atom is 0.412 e. The zero-order valence-corrected chi connectivity index (χ0v) is 18.8. The number of anilines is 2. The number of carbonyl (C=O) groups is 3. The Morgan fingerprint density at radius 2 is 1.45 bits per heavy atom. The number of esters is 1. The van der Waals surface area contributed by atoms with Crippen molar-refractivity contribution in [1.82, 2.24) is 5.32 Å². The van der Waals surface area contributed by atoms with Gasteiger partial charge in [-0.2, -0.15) is 0 Å². The van der Waals surface area contributed by atoms with Gasteiger partial charge in [0.1, 0.15) is 5.84 Å². The molecule has 1 saturated heterocycles. The van der Waals surface area contributed by atoms with Crippen LogP contribution in [0.1, 0.15) is 31.4 Å². The van der Waals surface area contributed by atoms with E-state index in [9.17, 15) is 14.4 Å². The molecule has 3 rings (SSSR count). The van der Waals surface area contributed by atoms with Crippen LogP contribution in [0.25, 0.3) is 0 Å². The Morgan fingerprint density at radius 1 is 0.909 bits per heavy atom. The topological polar surface area (TPSA) is 112 Å². The first-order chi connectivity index (χ1) is 15.9. The molecule has 3 amide bonds. The summed E-state index contributed by atoms with van der Waals surface area (Å²) in [6, 6.07) is 14.3. The number of alkyl carbamates (subject to hydrolysis) is 1. The quantitative estimate of drug-likeness (QED) is 0.360. The Labute approximate surface area is 192 Å². The number of benzene rings is 2. The van der Waals surface area contributed by atoms with Crippen LogP contribution >= 0.6 is 0 Å². The monoisotopic (exact) mass is 452 g/mol. The van der Waals surface area contributed by atoms with E-state index in [-0.39, 0.29) is 24.4 Å². The van der Waals surface area contributed by atoms with Crippen LogP contribution in [0, 0.1) is 5.41 Å². The van der Waals surface area contributed by atoms with E-state index in [2.05, 4.69) is 5.32 Å². The van der Waals surface area contributed by atoms with Gasteiger partial charge in [-0.05, 0) is 62.2 Å². The highest BCUT2D eigenvalue weighted by Gasteiger charge is 2.30. The lowest BCUT2D eigenvalue weighted by Gasteiger charge is -2.19. The summed E-state index contributed by atoms with van der Waals surface area (Å²) >= 11 is 0. The van der Waals surface area contributed by atoms with E-state index in [0.29, 0.717) is 43.8 Å². The van der Waals surface area contributed by atoms with Crippen molar-refractivity contribution in [3.63, 3.8) is 0 Å². The predicted octanol–water partition coefficient (Wildman–Crippen LogP) is 3.70. The van der Waals surface area contributed by atoms with Gasteiger partial charge in [-0.15, -0.1) is 0 Å². The molecule has 9 heteroatoms. The van der Waals surface area contributed by atoms with E-state index in [1.807, 2.05) is 24.3 Å². The van der Waals surface area contributed by atoms with Crippen LogP contribution in [0.4, 0.5) is 21.0 Å². The van der Waals surface area contributed by atoms with E-state index in [0.717, 1.165) is 11.3 Å². The molecule has 1 fully saturated rings. The van der Waals surface area contributed by atoms with E-state index >= 15 is 0 Å². The molecule has 0 bridgehead atoms. The minimum Gasteiger partial charge on any atom is -0.466 e. The number of hydrogen-bond acceptors (Lipinski definition) is 6. The van der Waals surface area contributed by atoms with Crippen molar-refractivity contribution in [2.24, 2.45) is 0 Å². The Hall–Kier alpha value is -3.88. The fraction of sp³-hybridized carbons (Fsp3) is 0.333. The smallest absolute Gasteiger partial charge is 0.412 e. The molecule has 33 heavy (non-hydrogen) atoms. The molecule has 0 radical (unpaired) electrons. The third-order valence-corrected chi connectivity index (χ3v) is 5.15. The molecule has 0 saturated carbocycles. The average Bonchev–Trinajstić information content (AvgIpc) is 3.19. The Bertz CT molecular complexity index is 1000. The van der Waals surface area contributed by atoms with Crippen LogP contribution in [0.5, 0.6) is 0 Å². The zero-order chi connectivity index (χ0) is 23.8. The van der Waals surface area contributed by atoms with Crippen molar-refractivity contribution in [3.8, 4) is 0 Å². The van der Waals surface area contributed by atoms with Gasteiger partial charge in [0, 0.05) is 36.4 Å². The molecule has 1 aliphatic heterocycles. The van der Waals surface area contributed by atoms with Crippen molar-refractivity contribution >= 4 is 35.3 Å². The molecule has 1 aliphatic rings. The molecule has 0 aliphatic carbocycles. The molecule has 2 N–H and O–H groups in total.